The van der Waals surface area contributed by atoms with E-state index in [2.05, 4.69) is 15.4 Å². The van der Waals surface area contributed by atoms with Crippen LogP contribution in [0.3, 0.4) is 0 Å². The lowest BCUT2D eigenvalue weighted by molar-refractivity contribution is -0.141. The first kappa shape index (κ1) is 34.3. The van der Waals surface area contributed by atoms with Gasteiger partial charge in [-0.3, -0.25) is 19.2 Å². The van der Waals surface area contributed by atoms with E-state index in [9.17, 15) is 41.8 Å². The average Bonchev–Trinajstić information content (AvgIpc) is 2.91. The van der Waals surface area contributed by atoms with Gasteiger partial charge in [0.2, 0.25) is 23.4 Å². The van der Waals surface area contributed by atoms with Crippen LogP contribution in [0.5, 0.6) is 5.75 Å². The van der Waals surface area contributed by atoms with Crippen LogP contribution < -0.4 is 15.4 Å². The van der Waals surface area contributed by atoms with Crippen molar-refractivity contribution in [2.45, 2.75) is 109 Å². The second kappa shape index (κ2) is 16.6. The molecule has 3 N–H and O–H groups in total. The largest absolute Gasteiger partial charge is 0.481 e. The van der Waals surface area contributed by atoms with Crippen LogP contribution in [-0.2, 0) is 19.2 Å². The minimum absolute atomic E-state index is 0.0324. The molecule has 240 valence electrons. The number of benzene rings is 1. The topological polar surface area (TPSA) is 122 Å². The van der Waals surface area contributed by atoms with Gasteiger partial charge in [0, 0.05) is 12.0 Å². The van der Waals surface area contributed by atoms with Gasteiger partial charge >= 0.3 is 5.97 Å². The highest BCUT2D eigenvalue weighted by Gasteiger charge is 2.31. The van der Waals surface area contributed by atoms with Gasteiger partial charge in [-0.2, -0.15) is 8.78 Å². The molecule has 12 heteroatoms. The number of rotatable bonds is 11. The van der Waals surface area contributed by atoms with Crippen molar-refractivity contribution in [3.05, 3.63) is 29.3 Å². The van der Waals surface area contributed by atoms with E-state index in [1.165, 1.54) is 51.9 Å². The standard InChI is InChI=1S/C31H42F4N2O6/c1-18(36-31(42)21-13-7-11-20(12-8-14-21)19-9-5-3-2-4-6-10-19)30(41)37-24(16-26(39)40)25(38)17-43-29-27(34)22(32)15-23(33)28(29)35/h15,18-21,24H,2-14,16-17H2,1H3,(H,36,42)(H,37,41)(H,39,40)/t18-,20?,21?,24?/m0/s1. The number of halogens is 4. The molecule has 0 spiro atoms. The number of aliphatic carboxylic acids is 1. The zero-order valence-electron chi connectivity index (χ0n) is 24.6. The predicted molar refractivity (Wildman–Crippen MR) is 149 cm³/mol. The molecule has 0 saturated heterocycles. The van der Waals surface area contributed by atoms with E-state index in [4.69, 9.17) is 0 Å². The molecule has 2 aliphatic carbocycles. The molecule has 2 amide bonds. The Balaban J connectivity index is 1.52. The van der Waals surface area contributed by atoms with E-state index in [1.807, 2.05) is 0 Å². The first-order valence-electron chi connectivity index (χ1n) is 15.3. The molecule has 2 atom stereocenters. The molecule has 2 saturated carbocycles. The molecule has 8 nitrogen and oxygen atoms in total. The lowest BCUT2D eigenvalue weighted by Crippen LogP contribution is -2.52. The molecule has 0 bridgehead atoms. The van der Waals surface area contributed by atoms with Crippen LogP contribution in [0, 0.1) is 41.0 Å². The van der Waals surface area contributed by atoms with Gasteiger partial charge in [0.25, 0.3) is 0 Å². The third kappa shape index (κ3) is 10.2. The van der Waals surface area contributed by atoms with Crippen LogP contribution in [0.1, 0.15) is 96.8 Å². The van der Waals surface area contributed by atoms with Crippen molar-refractivity contribution in [2.24, 2.45) is 17.8 Å². The van der Waals surface area contributed by atoms with Crippen LogP contribution in [0.2, 0.25) is 0 Å². The van der Waals surface area contributed by atoms with Crippen molar-refractivity contribution in [2.75, 3.05) is 6.61 Å². The molecule has 0 radical (unpaired) electrons. The molecular formula is C31H42F4N2O6. The molecule has 0 aliphatic heterocycles. The van der Waals surface area contributed by atoms with Gasteiger partial charge in [0.05, 0.1) is 6.42 Å². The second-order valence-corrected chi connectivity index (χ2v) is 11.9. The molecule has 1 aromatic carbocycles. The van der Waals surface area contributed by atoms with Crippen LogP contribution in [0.4, 0.5) is 17.6 Å². The molecule has 43 heavy (non-hydrogen) atoms. The SMILES string of the molecule is C[C@H](NC(=O)C1CCCC(C2CCCCCCC2)CCC1)C(=O)NC(CC(=O)O)C(=O)COc1c(F)c(F)cc(F)c1F. The number of ketones is 1. The number of hydrogen-bond acceptors (Lipinski definition) is 5. The van der Waals surface area contributed by atoms with Crippen LogP contribution in [-0.4, -0.2) is 47.4 Å². The third-order valence-corrected chi connectivity index (χ3v) is 8.71. The summed E-state index contributed by atoms with van der Waals surface area (Å²) in [4.78, 5) is 49.7. The van der Waals surface area contributed by atoms with Gasteiger partial charge in [-0.15, -0.1) is 0 Å². The van der Waals surface area contributed by atoms with E-state index in [1.54, 1.807) is 0 Å². The highest BCUT2D eigenvalue weighted by atomic mass is 19.2. The molecule has 3 rings (SSSR count). The van der Waals surface area contributed by atoms with E-state index in [0.717, 1.165) is 31.6 Å². The van der Waals surface area contributed by atoms with Crippen molar-refractivity contribution in [3.63, 3.8) is 0 Å². The van der Waals surface area contributed by atoms with Gasteiger partial charge in [-0.25, -0.2) is 8.78 Å². The fraction of sp³-hybridized carbons (Fsp3) is 0.677. The number of carbonyl (C=O) groups is 4. The Morgan fingerprint density at radius 2 is 1.33 bits per heavy atom. The lowest BCUT2D eigenvalue weighted by atomic mass is 9.74. The van der Waals surface area contributed by atoms with Gasteiger partial charge in [0.15, 0.2) is 23.2 Å². The Morgan fingerprint density at radius 3 is 1.86 bits per heavy atom. The zero-order valence-corrected chi connectivity index (χ0v) is 24.6. The molecule has 1 aromatic rings. The monoisotopic (exact) mass is 614 g/mol. The highest BCUT2D eigenvalue weighted by molar-refractivity contribution is 5.95. The first-order valence-corrected chi connectivity index (χ1v) is 15.3. The summed E-state index contributed by atoms with van der Waals surface area (Å²) in [5.74, 6) is -11.3. The van der Waals surface area contributed by atoms with Gasteiger partial charge in [0.1, 0.15) is 18.7 Å². The molecule has 0 heterocycles. The Labute approximate surface area is 249 Å². The average molecular weight is 615 g/mol. The maximum atomic E-state index is 13.9. The van der Waals surface area contributed by atoms with E-state index in [-0.39, 0.29) is 17.9 Å². The highest BCUT2D eigenvalue weighted by Crippen LogP contribution is 2.37. The first-order chi connectivity index (χ1) is 20.5. The summed E-state index contributed by atoms with van der Waals surface area (Å²) >= 11 is 0. The minimum atomic E-state index is -1.87. The maximum absolute atomic E-state index is 13.9. The number of hydrogen-bond donors (Lipinski definition) is 3. The quantitative estimate of drug-likeness (QED) is 0.220. The Hall–Kier alpha value is -3.18. The number of Topliss-reactive ketones (excluding diaryl/α,β-unsaturated/α-hetero) is 1. The van der Waals surface area contributed by atoms with E-state index < -0.39 is 71.8 Å². The fourth-order valence-electron chi connectivity index (χ4n) is 6.27. The molecule has 2 aliphatic rings. The van der Waals surface area contributed by atoms with Crippen molar-refractivity contribution in [3.8, 4) is 5.75 Å². The number of carboxylic acids is 1. The van der Waals surface area contributed by atoms with Crippen LogP contribution in [0.25, 0.3) is 0 Å². The van der Waals surface area contributed by atoms with Gasteiger partial charge in [-0.05, 0) is 31.6 Å². The van der Waals surface area contributed by atoms with E-state index >= 15 is 0 Å². The summed E-state index contributed by atoms with van der Waals surface area (Å²) in [7, 11) is 0. The summed E-state index contributed by atoms with van der Waals surface area (Å²) in [6.07, 6.45) is 13.6. The fourth-order valence-corrected chi connectivity index (χ4v) is 6.27. The number of nitrogens with one attached hydrogen (secondary N) is 2. The van der Waals surface area contributed by atoms with Crippen molar-refractivity contribution < 1.29 is 46.6 Å². The summed E-state index contributed by atoms with van der Waals surface area (Å²) in [5.41, 5.74) is 0. The maximum Gasteiger partial charge on any atom is 0.305 e. The third-order valence-electron chi connectivity index (χ3n) is 8.71. The smallest absolute Gasteiger partial charge is 0.305 e. The van der Waals surface area contributed by atoms with Crippen molar-refractivity contribution in [1.29, 1.82) is 0 Å². The predicted octanol–water partition coefficient (Wildman–Crippen LogP) is 5.60. The number of carboxylic acid groups (broad SMARTS) is 1. The number of amides is 2. The van der Waals surface area contributed by atoms with Crippen LogP contribution >= 0.6 is 0 Å². The minimum Gasteiger partial charge on any atom is -0.481 e. The van der Waals surface area contributed by atoms with Gasteiger partial charge in [-0.1, -0.05) is 70.6 Å². The summed E-state index contributed by atoms with van der Waals surface area (Å²) in [6, 6.07) is -2.84. The van der Waals surface area contributed by atoms with Crippen molar-refractivity contribution in [1.82, 2.24) is 10.6 Å². The van der Waals surface area contributed by atoms with Gasteiger partial charge < -0.3 is 20.5 Å². The molecule has 0 aromatic heterocycles. The number of carbonyl (C=O) groups excluding carboxylic acids is 3. The summed E-state index contributed by atoms with van der Waals surface area (Å²) in [5, 5.41) is 14.1. The van der Waals surface area contributed by atoms with E-state index in [0.29, 0.717) is 18.8 Å². The Bertz CT molecular complexity index is 1110. The summed E-state index contributed by atoms with van der Waals surface area (Å²) < 4.78 is 59.2. The summed E-state index contributed by atoms with van der Waals surface area (Å²) in [6.45, 7) is 0.208. The van der Waals surface area contributed by atoms with Crippen LogP contribution in [0.15, 0.2) is 6.07 Å². The molecular weight excluding hydrogens is 572 g/mol. The normalized spacial score (nSPS) is 21.7. The Kier molecular flexibility index (Phi) is 13.3. The zero-order chi connectivity index (χ0) is 31.5. The van der Waals surface area contributed by atoms with Crippen molar-refractivity contribution >= 4 is 23.6 Å². The Morgan fingerprint density at radius 1 is 0.814 bits per heavy atom. The molecule has 1 unspecified atom stereocenters. The second-order valence-electron chi connectivity index (χ2n) is 11.9. The molecule has 2 fully saturated rings. The number of ether oxygens (including phenoxy) is 1. The lowest BCUT2D eigenvalue weighted by Gasteiger charge is -2.32.